The van der Waals surface area contributed by atoms with Gasteiger partial charge in [-0.2, -0.15) is 0 Å². The molecule has 0 radical (unpaired) electrons. The van der Waals surface area contributed by atoms with E-state index in [0.29, 0.717) is 5.56 Å². The highest BCUT2D eigenvalue weighted by Crippen LogP contribution is 2.22. The first-order valence-electron chi connectivity index (χ1n) is 11.8. The maximum atomic E-state index is 12.3. The zero-order valence-electron chi connectivity index (χ0n) is 21.2. The van der Waals surface area contributed by atoms with Gasteiger partial charge in [-0.25, -0.2) is 23.6 Å². The van der Waals surface area contributed by atoms with Crippen LogP contribution >= 0.6 is 0 Å². The van der Waals surface area contributed by atoms with Crippen LogP contribution in [-0.2, 0) is 10.8 Å². The molecule has 196 valence electrons. The molecule has 6 aromatic rings. The number of H-pyrrole nitrogens is 1. The Balaban J connectivity index is 0.000000137. The van der Waals surface area contributed by atoms with E-state index in [2.05, 4.69) is 29.9 Å². The summed E-state index contributed by atoms with van der Waals surface area (Å²) in [4.78, 5) is 22.8. The number of hydrogen-bond donors (Lipinski definition) is 1. The fourth-order valence-electron chi connectivity index (χ4n) is 2.95. The van der Waals surface area contributed by atoms with E-state index in [0.717, 1.165) is 21.5 Å². The van der Waals surface area contributed by atoms with Crippen molar-refractivity contribution in [3.63, 3.8) is 0 Å². The SMILES string of the molecule is Cc1ccccc1F.O=S1C=Cc2ccccc21.c1ccc2[nH]cnc2c1.c1cnccn1.c1cncnc1. The molecule has 3 aromatic carbocycles. The number of nitrogens with one attached hydrogen (secondary N) is 1. The molecule has 7 rings (SSSR count). The highest BCUT2D eigenvalue weighted by molar-refractivity contribution is 7.88. The van der Waals surface area contributed by atoms with E-state index >= 15 is 0 Å². The molecule has 1 atom stereocenters. The molecular formula is C30H27FN6OS. The Labute approximate surface area is 229 Å². The van der Waals surface area contributed by atoms with Crippen molar-refractivity contribution in [2.45, 2.75) is 11.8 Å². The summed E-state index contributed by atoms with van der Waals surface area (Å²) in [7, 11) is -0.878. The number of benzene rings is 3. The predicted octanol–water partition coefficient (Wildman–Crippen LogP) is 6.43. The Hall–Kier alpha value is -4.89. The standard InChI is InChI=1S/C8H6OS.C7H7F.C7H6N2.2C4H4N2/c9-10-6-5-7-3-1-2-4-8(7)10;1-6-4-2-3-5-7(6)8;1-2-4-7-6(3-1)8-5-9-7;1-2-6-4-3-5-1;1-2-5-4-6-3-1/h1-6H;2-5H,1H3;1-5H,(H,8,9);2*1-4H. The molecule has 7 nitrogen and oxygen atoms in total. The Morgan fingerprint density at radius 3 is 1.90 bits per heavy atom. The minimum atomic E-state index is -0.878. The first kappa shape index (κ1) is 28.7. The van der Waals surface area contributed by atoms with E-state index in [1.54, 1.807) is 74.0 Å². The molecule has 0 amide bonds. The summed E-state index contributed by atoms with van der Waals surface area (Å²) in [6, 6.07) is 24.1. The summed E-state index contributed by atoms with van der Waals surface area (Å²) in [5.41, 5.74) is 3.91. The van der Waals surface area contributed by atoms with Gasteiger partial charge in [0.1, 0.15) is 12.1 Å². The smallest absolute Gasteiger partial charge is 0.126 e. The summed E-state index contributed by atoms with van der Waals surface area (Å²) >= 11 is 0. The third-order valence-corrected chi connectivity index (χ3v) is 6.06. The highest BCUT2D eigenvalue weighted by Gasteiger charge is 2.09. The highest BCUT2D eigenvalue weighted by atomic mass is 32.2. The second kappa shape index (κ2) is 16.8. The van der Waals surface area contributed by atoms with E-state index in [4.69, 9.17) is 0 Å². The van der Waals surface area contributed by atoms with Gasteiger partial charge in [0.25, 0.3) is 0 Å². The Morgan fingerprint density at radius 2 is 1.36 bits per heavy atom. The van der Waals surface area contributed by atoms with Crippen molar-refractivity contribution >= 4 is 27.9 Å². The molecule has 1 aliphatic rings. The summed E-state index contributed by atoms with van der Waals surface area (Å²) < 4.78 is 23.4. The van der Waals surface area contributed by atoms with Crippen molar-refractivity contribution in [2.24, 2.45) is 0 Å². The molecule has 39 heavy (non-hydrogen) atoms. The van der Waals surface area contributed by atoms with Gasteiger partial charge >= 0.3 is 0 Å². The molecule has 1 unspecified atom stereocenters. The van der Waals surface area contributed by atoms with E-state index < -0.39 is 10.8 Å². The second-order valence-corrected chi connectivity index (χ2v) is 8.91. The van der Waals surface area contributed by atoms with E-state index in [1.165, 1.54) is 12.4 Å². The van der Waals surface area contributed by atoms with E-state index in [-0.39, 0.29) is 5.82 Å². The zero-order valence-corrected chi connectivity index (χ0v) is 22.0. The summed E-state index contributed by atoms with van der Waals surface area (Å²) in [6.07, 6.45) is 15.0. The molecule has 9 heteroatoms. The van der Waals surface area contributed by atoms with Gasteiger partial charge in [0, 0.05) is 42.6 Å². The van der Waals surface area contributed by atoms with Crippen LogP contribution in [0.3, 0.4) is 0 Å². The van der Waals surface area contributed by atoms with Gasteiger partial charge in [-0.3, -0.25) is 9.97 Å². The maximum absolute atomic E-state index is 12.3. The second-order valence-electron chi connectivity index (χ2n) is 7.61. The van der Waals surface area contributed by atoms with Crippen molar-refractivity contribution in [3.8, 4) is 0 Å². The van der Waals surface area contributed by atoms with Crippen LogP contribution in [0.5, 0.6) is 0 Å². The van der Waals surface area contributed by atoms with E-state index in [1.807, 2.05) is 60.7 Å². The number of imidazole rings is 1. The van der Waals surface area contributed by atoms with Crippen molar-refractivity contribution in [3.05, 3.63) is 151 Å². The van der Waals surface area contributed by atoms with Gasteiger partial charge in [-0.1, -0.05) is 48.5 Å². The first-order valence-corrected chi connectivity index (χ1v) is 13.0. The topological polar surface area (TPSA) is 97.3 Å². The number of fused-ring (bicyclic) bond motifs is 2. The monoisotopic (exact) mass is 538 g/mol. The molecule has 1 aliphatic heterocycles. The Bertz CT molecular complexity index is 1430. The summed E-state index contributed by atoms with van der Waals surface area (Å²) in [5, 5.41) is 1.71. The van der Waals surface area contributed by atoms with Crippen molar-refractivity contribution < 1.29 is 8.60 Å². The first-order chi connectivity index (χ1) is 19.1. The fourth-order valence-corrected chi connectivity index (χ4v) is 3.95. The number of aryl methyl sites for hydroxylation is 1. The zero-order chi connectivity index (χ0) is 27.5. The molecule has 4 heterocycles. The molecule has 1 N–H and O–H groups in total. The normalized spacial score (nSPS) is 12.1. The maximum Gasteiger partial charge on any atom is 0.126 e. The van der Waals surface area contributed by atoms with Gasteiger partial charge in [0.05, 0.1) is 33.1 Å². The van der Waals surface area contributed by atoms with Crippen LogP contribution in [0, 0.1) is 12.7 Å². The molecule has 0 aliphatic carbocycles. The Kier molecular flexibility index (Phi) is 12.3. The van der Waals surface area contributed by atoms with Gasteiger partial charge in [0.15, 0.2) is 0 Å². The molecule has 0 saturated carbocycles. The summed E-state index contributed by atoms with van der Waals surface area (Å²) in [6.45, 7) is 1.75. The molecule has 3 aromatic heterocycles. The number of nitrogens with zero attached hydrogens (tertiary/aromatic N) is 5. The van der Waals surface area contributed by atoms with Crippen LogP contribution in [0.1, 0.15) is 11.1 Å². The predicted molar refractivity (Wildman–Crippen MR) is 153 cm³/mol. The van der Waals surface area contributed by atoms with Gasteiger partial charge in [-0.15, -0.1) is 0 Å². The number of para-hydroxylation sites is 2. The average molecular weight is 539 g/mol. The third kappa shape index (κ3) is 10.6. The molecular weight excluding hydrogens is 511 g/mol. The van der Waals surface area contributed by atoms with Gasteiger partial charge < -0.3 is 4.98 Å². The van der Waals surface area contributed by atoms with Crippen LogP contribution in [-0.4, -0.2) is 34.1 Å². The lowest BCUT2D eigenvalue weighted by molar-refractivity contribution is 0.618. The average Bonchev–Trinajstić information content (AvgIpc) is 3.65. The number of rotatable bonds is 0. The lowest BCUT2D eigenvalue weighted by atomic mass is 10.2. The van der Waals surface area contributed by atoms with Crippen LogP contribution in [0.25, 0.3) is 17.1 Å². The van der Waals surface area contributed by atoms with Gasteiger partial charge in [0.2, 0.25) is 0 Å². The molecule has 0 spiro atoms. The number of hydrogen-bond acceptors (Lipinski definition) is 6. The van der Waals surface area contributed by atoms with Crippen molar-refractivity contribution in [2.75, 3.05) is 0 Å². The van der Waals surface area contributed by atoms with Crippen LogP contribution in [0.2, 0.25) is 0 Å². The minimum absolute atomic E-state index is 0.132. The fraction of sp³-hybridized carbons (Fsp3) is 0.0333. The van der Waals surface area contributed by atoms with Crippen molar-refractivity contribution in [1.29, 1.82) is 0 Å². The lowest BCUT2D eigenvalue weighted by Crippen LogP contribution is -1.81. The largest absolute Gasteiger partial charge is 0.345 e. The van der Waals surface area contributed by atoms with Crippen LogP contribution < -0.4 is 0 Å². The Morgan fingerprint density at radius 1 is 0.718 bits per heavy atom. The third-order valence-electron chi connectivity index (χ3n) is 4.87. The van der Waals surface area contributed by atoms with E-state index in [9.17, 15) is 8.60 Å². The minimum Gasteiger partial charge on any atom is -0.345 e. The molecule has 0 fully saturated rings. The molecule has 0 bridgehead atoms. The van der Waals surface area contributed by atoms with Crippen LogP contribution in [0.15, 0.2) is 139 Å². The quantitative estimate of drug-likeness (QED) is 0.239. The molecule has 0 saturated heterocycles. The summed E-state index contributed by atoms with van der Waals surface area (Å²) in [5.74, 6) is -0.132. The lowest BCUT2D eigenvalue weighted by Gasteiger charge is -1.92. The van der Waals surface area contributed by atoms with Crippen molar-refractivity contribution in [1.82, 2.24) is 29.9 Å². The number of aromatic amines is 1. The van der Waals surface area contributed by atoms with Crippen LogP contribution in [0.4, 0.5) is 4.39 Å². The number of halogens is 1. The number of aromatic nitrogens is 6. The van der Waals surface area contributed by atoms with Gasteiger partial charge in [-0.05, 0) is 54.5 Å².